The van der Waals surface area contributed by atoms with Crippen molar-refractivity contribution >= 4 is 0 Å². The van der Waals surface area contributed by atoms with Crippen LogP contribution in [0.1, 0.15) is 31.4 Å². The van der Waals surface area contributed by atoms with Crippen molar-refractivity contribution in [2.45, 2.75) is 50.3 Å². The van der Waals surface area contributed by atoms with E-state index in [4.69, 9.17) is 4.98 Å². The summed E-state index contributed by atoms with van der Waals surface area (Å²) in [6.07, 6.45) is 6.53. The van der Waals surface area contributed by atoms with Crippen LogP contribution in [0.3, 0.4) is 0 Å². The lowest BCUT2D eigenvalue weighted by atomic mass is 9.86. The Hall–Kier alpha value is -1.82. The van der Waals surface area contributed by atoms with Crippen LogP contribution in [-0.2, 0) is 6.42 Å². The monoisotopic (exact) mass is 353 g/mol. The molecule has 2 fully saturated rings. The molecule has 5 heteroatoms. The number of benzene rings is 1. The van der Waals surface area contributed by atoms with Gasteiger partial charge in [0.2, 0.25) is 0 Å². The summed E-state index contributed by atoms with van der Waals surface area (Å²) in [6, 6.07) is 12.7. The molecule has 1 aromatic carbocycles. The van der Waals surface area contributed by atoms with E-state index < -0.39 is 6.10 Å². The van der Waals surface area contributed by atoms with E-state index in [9.17, 15) is 10.2 Å². The molecule has 4 atom stereocenters. The number of hydrogen-bond acceptors (Lipinski definition) is 5. The number of aliphatic hydroxyl groups excluding tert-OH is 2. The smallest absolute Gasteiger partial charge is 0.159 e. The highest BCUT2D eigenvalue weighted by Crippen LogP contribution is 2.36. The van der Waals surface area contributed by atoms with Gasteiger partial charge in [0.15, 0.2) is 5.82 Å². The molecule has 3 N–H and O–H groups in total. The SMILES string of the molecule is OC[C@@H]1[C@@H](Cc2ccnc(-c3ccccc3)n2)[C@H](NC2CCC2)C[C@H]1O. The fraction of sp³-hybridized carbons (Fsp3) is 0.524. The summed E-state index contributed by atoms with van der Waals surface area (Å²) in [5, 5.41) is 23.9. The van der Waals surface area contributed by atoms with E-state index in [0.717, 1.165) is 23.5 Å². The molecule has 0 amide bonds. The topological polar surface area (TPSA) is 78.3 Å². The van der Waals surface area contributed by atoms with Crippen LogP contribution in [0.5, 0.6) is 0 Å². The first-order chi connectivity index (χ1) is 12.7. The van der Waals surface area contributed by atoms with Crippen LogP contribution < -0.4 is 5.32 Å². The molecule has 0 spiro atoms. The Morgan fingerprint density at radius 3 is 2.58 bits per heavy atom. The maximum Gasteiger partial charge on any atom is 0.159 e. The lowest BCUT2D eigenvalue weighted by Gasteiger charge is -2.33. The first-order valence-corrected chi connectivity index (χ1v) is 9.67. The second kappa shape index (κ2) is 7.82. The van der Waals surface area contributed by atoms with Gasteiger partial charge in [0.25, 0.3) is 0 Å². The van der Waals surface area contributed by atoms with Crippen LogP contribution in [0.15, 0.2) is 42.6 Å². The van der Waals surface area contributed by atoms with Crippen LogP contribution in [0.2, 0.25) is 0 Å². The van der Waals surface area contributed by atoms with Gasteiger partial charge in [-0.3, -0.25) is 0 Å². The summed E-state index contributed by atoms with van der Waals surface area (Å²) < 4.78 is 0. The third-order valence-electron chi connectivity index (χ3n) is 6.01. The largest absolute Gasteiger partial charge is 0.396 e. The molecular weight excluding hydrogens is 326 g/mol. The van der Waals surface area contributed by atoms with Crippen molar-refractivity contribution in [2.24, 2.45) is 11.8 Å². The van der Waals surface area contributed by atoms with E-state index in [1.54, 1.807) is 6.20 Å². The predicted octanol–water partition coefficient (Wildman–Crippen LogP) is 2.19. The van der Waals surface area contributed by atoms with Crippen molar-refractivity contribution in [1.29, 1.82) is 0 Å². The minimum absolute atomic E-state index is 0.0192. The lowest BCUT2D eigenvalue weighted by Crippen LogP contribution is -2.45. The summed E-state index contributed by atoms with van der Waals surface area (Å²) in [5.41, 5.74) is 1.97. The molecule has 2 aromatic rings. The van der Waals surface area contributed by atoms with Crippen molar-refractivity contribution in [3.8, 4) is 11.4 Å². The molecule has 0 unspecified atom stereocenters. The Balaban J connectivity index is 1.53. The van der Waals surface area contributed by atoms with Crippen molar-refractivity contribution in [3.05, 3.63) is 48.3 Å². The minimum Gasteiger partial charge on any atom is -0.396 e. The van der Waals surface area contributed by atoms with E-state index in [2.05, 4.69) is 10.3 Å². The Kier molecular flexibility index (Phi) is 5.29. The zero-order valence-corrected chi connectivity index (χ0v) is 15.0. The van der Waals surface area contributed by atoms with Gasteiger partial charge in [-0.15, -0.1) is 0 Å². The van der Waals surface area contributed by atoms with Gasteiger partial charge in [0.05, 0.1) is 6.10 Å². The third kappa shape index (κ3) is 3.65. The fourth-order valence-electron chi connectivity index (χ4n) is 4.29. The number of rotatable bonds is 6. The quantitative estimate of drug-likeness (QED) is 0.742. The highest BCUT2D eigenvalue weighted by molar-refractivity contribution is 5.54. The molecule has 5 nitrogen and oxygen atoms in total. The Morgan fingerprint density at radius 1 is 1.08 bits per heavy atom. The number of aliphatic hydroxyl groups is 2. The molecule has 0 aliphatic heterocycles. The van der Waals surface area contributed by atoms with Gasteiger partial charge in [-0.2, -0.15) is 0 Å². The predicted molar refractivity (Wildman–Crippen MR) is 100 cm³/mol. The molecule has 1 aromatic heterocycles. The van der Waals surface area contributed by atoms with Crippen LogP contribution in [0.25, 0.3) is 11.4 Å². The minimum atomic E-state index is -0.446. The van der Waals surface area contributed by atoms with E-state index in [1.807, 2.05) is 36.4 Å². The molecule has 1 heterocycles. The number of nitrogens with zero attached hydrogens (tertiary/aromatic N) is 2. The molecule has 0 bridgehead atoms. The van der Waals surface area contributed by atoms with Crippen molar-refractivity contribution in [2.75, 3.05) is 6.61 Å². The van der Waals surface area contributed by atoms with Gasteiger partial charge in [0, 0.05) is 42.1 Å². The van der Waals surface area contributed by atoms with Crippen molar-refractivity contribution in [1.82, 2.24) is 15.3 Å². The molecule has 138 valence electrons. The number of aromatic nitrogens is 2. The summed E-state index contributed by atoms with van der Waals surface area (Å²) in [5.74, 6) is 0.822. The van der Waals surface area contributed by atoms with Gasteiger partial charge < -0.3 is 15.5 Å². The highest BCUT2D eigenvalue weighted by Gasteiger charge is 2.43. The second-order valence-corrected chi connectivity index (χ2v) is 7.66. The number of hydrogen-bond donors (Lipinski definition) is 3. The molecule has 0 radical (unpaired) electrons. The van der Waals surface area contributed by atoms with E-state index in [0.29, 0.717) is 12.5 Å². The zero-order chi connectivity index (χ0) is 17.9. The molecular formula is C21H27N3O2. The average Bonchev–Trinajstić information content (AvgIpc) is 2.93. The van der Waals surface area contributed by atoms with E-state index >= 15 is 0 Å². The summed E-state index contributed by atoms with van der Waals surface area (Å²) >= 11 is 0. The average molecular weight is 353 g/mol. The normalized spacial score (nSPS) is 28.8. The molecule has 2 aliphatic carbocycles. The Labute approximate surface area is 154 Å². The maximum atomic E-state index is 10.4. The van der Waals surface area contributed by atoms with Gasteiger partial charge in [0.1, 0.15) is 0 Å². The molecule has 26 heavy (non-hydrogen) atoms. The first-order valence-electron chi connectivity index (χ1n) is 9.67. The number of nitrogens with one attached hydrogen (secondary N) is 1. The Bertz CT molecular complexity index is 720. The molecule has 0 saturated heterocycles. The van der Waals surface area contributed by atoms with Gasteiger partial charge >= 0.3 is 0 Å². The standard InChI is InChI=1S/C21H27N3O2/c25-13-18-17(19(12-20(18)26)23-15-7-4-8-15)11-16-9-10-22-21(24-16)14-5-2-1-3-6-14/h1-3,5-6,9-10,15,17-20,23,25-26H,4,7-8,11-13H2/t17-,18-,19-,20-/m1/s1. The van der Waals surface area contributed by atoms with Crippen LogP contribution >= 0.6 is 0 Å². The fourth-order valence-corrected chi connectivity index (χ4v) is 4.29. The molecule has 2 saturated carbocycles. The van der Waals surface area contributed by atoms with Gasteiger partial charge in [-0.1, -0.05) is 36.8 Å². The zero-order valence-electron chi connectivity index (χ0n) is 15.0. The Morgan fingerprint density at radius 2 is 1.88 bits per heavy atom. The lowest BCUT2D eigenvalue weighted by molar-refractivity contribution is 0.0714. The first kappa shape index (κ1) is 17.6. The third-order valence-corrected chi connectivity index (χ3v) is 6.01. The van der Waals surface area contributed by atoms with Gasteiger partial charge in [-0.25, -0.2) is 9.97 Å². The van der Waals surface area contributed by atoms with E-state index in [1.165, 1.54) is 19.3 Å². The highest BCUT2D eigenvalue weighted by atomic mass is 16.3. The van der Waals surface area contributed by atoms with E-state index in [-0.39, 0.29) is 24.5 Å². The molecule has 4 rings (SSSR count). The summed E-state index contributed by atoms with van der Waals surface area (Å²) in [7, 11) is 0. The van der Waals surface area contributed by atoms with Gasteiger partial charge in [-0.05, 0) is 37.7 Å². The van der Waals surface area contributed by atoms with Crippen LogP contribution in [-0.4, -0.2) is 45.0 Å². The summed E-state index contributed by atoms with van der Waals surface area (Å²) in [6.45, 7) is 0.0192. The van der Waals surface area contributed by atoms with Crippen molar-refractivity contribution < 1.29 is 10.2 Å². The van der Waals surface area contributed by atoms with Crippen molar-refractivity contribution in [3.63, 3.8) is 0 Å². The maximum absolute atomic E-state index is 10.4. The van der Waals surface area contributed by atoms with Crippen LogP contribution in [0.4, 0.5) is 0 Å². The van der Waals surface area contributed by atoms with Crippen LogP contribution in [0, 0.1) is 11.8 Å². The molecule has 2 aliphatic rings. The second-order valence-electron chi connectivity index (χ2n) is 7.66. The summed E-state index contributed by atoms with van der Waals surface area (Å²) in [4.78, 5) is 9.15.